The zero-order chi connectivity index (χ0) is 12.0. The molecule has 1 atom stereocenters. The van der Waals surface area contributed by atoms with Crippen molar-refractivity contribution in [1.82, 2.24) is 10.3 Å². The fourth-order valence-electron chi connectivity index (χ4n) is 1.46. The highest BCUT2D eigenvalue weighted by Gasteiger charge is 2.12. The van der Waals surface area contributed by atoms with Crippen LogP contribution >= 0.6 is 11.6 Å². The van der Waals surface area contributed by atoms with E-state index < -0.39 is 0 Å². The predicted octanol–water partition coefficient (Wildman–Crippen LogP) is 2.50. The molecule has 1 aromatic heterocycles. The molecule has 0 fully saturated rings. The van der Waals surface area contributed by atoms with E-state index in [9.17, 15) is 0 Å². The van der Waals surface area contributed by atoms with Crippen molar-refractivity contribution >= 4 is 11.6 Å². The largest absolute Gasteiger partial charge is 0.383 e. The van der Waals surface area contributed by atoms with E-state index in [1.54, 1.807) is 13.3 Å². The highest BCUT2D eigenvalue weighted by Crippen LogP contribution is 2.12. The SMILES string of the molecule is COCC(NCc1cccnc1Cl)C(C)C. The Morgan fingerprint density at radius 2 is 2.25 bits per heavy atom. The molecule has 3 nitrogen and oxygen atoms in total. The number of halogens is 1. The molecule has 90 valence electrons. The molecule has 16 heavy (non-hydrogen) atoms. The van der Waals surface area contributed by atoms with Gasteiger partial charge in [-0.25, -0.2) is 4.98 Å². The van der Waals surface area contributed by atoms with Crippen molar-refractivity contribution in [3.63, 3.8) is 0 Å². The van der Waals surface area contributed by atoms with Crippen LogP contribution in [0.25, 0.3) is 0 Å². The number of methoxy groups -OCH3 is 1. The summed E-state index contributed by atoms with van der Waals surface area (Å²) in [5.74, 6) is 0.524. The average Bonchev–Trinajstić information content (AvgIpc) is 2.26. The van der Waals surface area contributed by atoms with Crippen LogP contribution in [0.15, 0.2) is 18.3 Å². The first-order valence-corrected chi connectivity index (χ1v) is 5.84. The predicted molar refractivity (Wildman–Crippen MR) is 66.6 cm³/mol. The molecule has 0 aromatic carbocycles. The lowest BCUT2D eigenvalue weighted by Crippen LogP contribution is -2.37. The molecule has 1 N–H and O–H groups in total. The Labute approximate surface area is 102 Å². The number of aromatic nitrogens is 1. The third-order valence-corrected chi connectivity index (χ3v) is 2.88. The number of nitrogens with zero attached hydrogens (tertiary/aromatic N) is 1. The summed E-state index contributed by atoms with van der Waals surface area (Å²) in [6.45, 7) is 5.76. The van der Waals surface area contributed by atoms with Gasteiger partial charge < -0.3 is 10.1 Å². The number of ether oxygens (including phenoxy) is 1. The van der Waals surface area contributed by atoms with Crippen LogP contribution in [-0.4, -0.2) is 24.7 Å². The summed E-state index contributed by atoms with van der Waals surface area (Å²) in [6.07, 6.45) is 1.70. The van der Waals surface area contributed by atoms with Gasteiger partial charge in [0.15, 0.2) is 0 Å². The Hall–Kier alpha value is -0.640. The minimum absolute atomic E-state index is 0.335. The summed E-state index contributed by atoms with van der Waals surface area (Å²) in [7, 11) is 1.72. The van der Waals surface area contributed by atoms with Gasteiger partial charge >= 0.3 is 0 Å². The Kier molecular flexibility index (Phi) is 5.74. The Balaban J connectivity index is 2.52. The molecule has 0 aliphatic rings. The summed E-state index contributed by atoms with van der Waals surface area (Å²) in [4.78, 5) is 4.04. The van der Waals surface area contributed by atoms with E-state index in [0.717, 1.165) is 12.1 Å². The molecule has 0 aliphatic carbocycles. The molecule has 0 radical (unpaired) electrons. The van der Waals surface area contributed by atoms with Crippen LogP contribution in [-0.2, 0) is 11.3 Å². The quantitative estimate of drug-likeness (QED) is 0.779. The molecule has 0 bridgehead atoms. The van der Waals surface area contributed by atoms with Crippen LogP contribution in [0, 0.1) is 5.92 Å². The van der Waals surface area contributed by atoms with Crippen molar-refractivity contribution in [1.29, 1.82) is 0 Å². The van der Waals surface area contributed by atoms with Gasteiger partial charge in [-0.15, -0.1) is 0 Å². The van der Waals surface area contributed by atoms with Gasteiger partial charge in [0.25, 0.3) is 0 Å². The third kappa shape index (κ3) is 4.08. The van der Waals surface area contributed by atoms with Crippen LogP contribution in [0.4, 0.5) is 0 Å². The van der Waals surface area contributed by atoms with E-state index in [-0.39, 0.29) is 0 Å². The highest BCUT2D eigenvalue weighted by molar-refractivity contribution is 6.30. The molecule has 1 heterocycles. The topological polar surface area (TPSA) is 34.1 Å². The van der Waals surface area contributed by atoms with E-state index in [2.05, 4.69) is 24.1 Å². The first kappa shape index (κ1) is 13.4. The molecule has 1 aromatic rings. The van der Waals surface area contributed by atoms with Crippen molar-refractivity contribution in [3.8, 4) is 0 Å². The Bertz CT molecular complexity index is 318. The van der Waals surface area contributed by atoms with Crippen LogP contribution in [0.1, 0.15) is 19.4 Å². The highest BCUT2D eigenvalue weighted by atomic mass is 35.5. The van der Waals surface area contributed by atoms with Gasteiger partial charge in [-0.1, -0.05) is 31.5 Å². The van der Waals surface area contributed by atoms with Gasteiger partial charge in [0.05, 0.1) is 6.61 Å². The maximum atomic E-state index is 5.98. The normalized spacial score (nSPS) is 13.1. The minimum atomic E-state index is 0.335. The first-order chi connectivity index (χ1) is 7.65. The summed E-state index contributed by atoms with van der Waals surface area (Å²) in [5.41, 5.74) is 1.02. The number of hydrogen-bond acceptors (Lipinski definition) is 3. The minimum Gasteiger partial charge on any atom is -0.383 e. The summed E-state index contributed by atoms with van der Waals surface area (Å²) in [6, 6.07) is 4.21. The van der Waals surface area contributed by atoms with Gasteiger partial charge in [0, 0.05) is 31.5 Å². The molecular weight excluding hydrogens is 224 g/mol. The smallest absolute Gasteiger partial charge is 0.133 e. The maximum absolute atomic E-state index is 5.98. The van der Waals surface area contributed by atoms with Crippen LogP contribution in [0.2, 0.25) is 5.15 Å². The fraction of sp³-hybridized carbons (Fsp3) is 0.583. The van der Waals surface area contributed by atoms with Gasteiger partial charge in [-0.05, 0) is 12.0 Å². The fourth-order valence-corrected chi connectivity index (χ4v) is 1.65. The van der Waals surface area contributed by atoms with E-state index >= 15 is 0 Å². The molecule has 1 rings (SSSR count). The van der Waals surface area contributed by atoms with Crippen LogP contribution < -0.4 is 5.32 Å². The van der Waals surface area contributed by atoms with Crippen molar-refractivity contribution in [2.24, 2.45) is 5.92 Å². The number of nitrogens with one attached hydrogen (secondary N) is 1. The average molecular weight is 243 g/mol. The standard InChI is InChI=1S/C12H19ClN2O/c1-9(2)11(8-16-3)15-7-10-5-4-6-14-12(10)13/h4-6,9,11,15H,7-8H2,1-3H3. The zero-order valence-electron chi connectivity index (χ0n) is 10.0. The van der Waals surface area contributed by atoms with Crippen molar-refractivity contribution < 1.29 is 4.74 Å². The second-order valence-corrected chi connectivity index (χ2v) is 4.50. The number of pyridine rings is 1. The first-order valence-electron chi connectivity index (χ1n) is 5.47. The lowest BCUT2D eigenvalue weighted by molar-refractivity contribution is 0.146. The molecule has 1 unspecified atom stereocenters. The summed E-state index contributed by atoms with van der Waals surface area (Å²) < 4.78 is 5.17. The molecule has 0 aliphatic heterocycles. The summed E-state index contributed by atoms with van der Waals surface area (Å²) >= 11 is 5.98. The van der Waals surface area contributed by atoms with Gasteiger partial charge in [-0.3, -0.25) is 0 Å². The zero-order valence-corrected chi connectivity index (χ0v) is 10.8. The van der Waals surface area contributed by atoms with Gasteiger partial charge in [0.2, 0.25) is 0 Å². The van der Waals surface area contributed by atoms with Crippen molar-refractivity contribution in [2.45, 2.75) is 26.4 Å². The monoisotopic (exact) mass is 242 g/mol. The molecule has 0 amide bonds. The van der Waals surface area contributed by atoms with E-state index in [4.69, 9.17) is 16.3 Å². The van der Waals surface area contributed by atoms with Crippen LogP contribution in [0.5, 0.6) is 0 Å². The van der Waals surface area contributed by atoms with E-state index in [0.29, 0.717) is 23.7 Å². The van der Waals surface area contributed by atoms with E-state index in [1.165, 1.54) is 0 Å². The van der Waals surface area contributed by atoms with Crippen molar-refractivity contribution in [2.75, 3.05) is 13.7 Å². The second kappa shape index (κ2) is 6.84. The molecule has 0 saturated carbocycles. The number of hydrogen-bond donors (Lipinski definition) is 1. The Morgan fingerprint density at radius 1 is 1.50 bits per heavy atom. The van der Waals surface area contributed by atoms with Crippen molar-refractivity contribution in [3.05, 3.63) is 29.0 Å². The molecule has 0 spiro atoms. The van der Waals surface area contributed by atoms with Gasteiger partial charge in [-0.2, -0.15) is 0 Å². The van der Waals surface area contributed by atoms with Gasteiger partial charge in [0.1, 0.15) is 5.15 Å². The Morgan fingerprint density at radius 3 is 2.81 bits per heavy atom. The molecular formula is C12H19ClN2O. The maximum Gasteiger partial charge on any atom is 0.133 e. The molecule has 0 saturated heterocycles. The number of rotatable bonds is 6. The van der Waals surface area contributed by atoms with E-state index in [1.807, 2.05) is 12.1 Å². The second-order valence-electron chi connectivity index (χ2n) is 4.14. The lowest BCUT2D eigenvalue weighted by atomic mass is 10.1. The summed E-state index contributed by atoms with van der Waals surface area (Å²) in [5, 5.41) is 3.99. The third-order valence-electron chi connectivity index (χ3n) is 2.54. The van der Waals surface area contributed by atoms with Crippen LogP contribution in [0.3, 0.4) is 0 Å². The molecule has 4 heteroatoms. The lowest BCUT2D eigenvalue weighted by Gasteiger charge is -2.21.